The number of nitrogens with zero attached hydrogens (tertiary/aromatic N) is 1. The highest BCUT2D eigenvalue weighted by Gasteiger charge is 2.29. The number of hydrogen-bond acceptors (Lipinski definition) is 1. The van der Waals surface area contributed by atoms with Crippen LogP contribution >= 0.6 is 0 Å². The summed E-state index contributed by atoms with van der Waals surface area (Å²) in [5.74, 6) is 0.681. The van der Waals surface area contributed by atoms with Gasteiger partial charge in [-0.05, 0) is 36.1 Å². The first-order valence-electron chi connectivity index (χ1n) is 7.47. The zero-order valence-electron chi connectivity index (χ0n) is 12.9. The third-order valence-electron chi connectivity index (χ3n) is 4.40. The van der Waals surface area contributed by atoms with Gasteiger partial charge in [-0.15, -0.1) is 0 Å². The number of aryl methyl sites for hydroxylation is 2. The molecule has 108 valence electrons. The summed E-state index contributed by atoms with van der Waals surface area (Å²) in [6.07, 6.45) is 0. The average molecular weight is 279 g/mol. The molecule has 0 atom stereocenters. The molecule has 2 aromatic carbocycles. The minimum Gasteiger partial charge on any atom is -0.342 e. The Morgan fingerprint density at radius 1 is 1.05 bits per heavy atom. The smallest absolute Gasteiger partial charge is 0.219 e. The van der Waals surface area contributed by atoms with Gasteiger partial charge in [0, 0.05) is 25.9 Å². The standard InChI is InChI=1S/C19H21NO/c1-13-4-9-19(14(2)10-13)17-7-5-16(6-8-17)18-11-20(12-18)15(3)21/h4-10,18H,11-12H2,1-3H3. The monoisotopic (exact) mass is 279 g/mol. The number of amides is 1. The minimum atomic E-state index is 0.179. The van der Waals surface area contributed by atoms with Crippen molar-refractivity contribution in [3.63, 3.8) is 0 Å². The van der Waals surface area contributed by atoms with Gasteiger partial charge in [0.1, 0.15) is 0 Å². The molecule has 1 aliphatic heterocycles. The van der Waals surface area contributed by atoms with E-state index in [0.717, 1.165) is 13.1 Å². The Morgan fingerprint density at radius 3 is 2.29 bits per heavy atom. The van der Waals surface area contributed by atoms with Crippen LogP contribution in [0.15, 0.2) is 42.5 Å². The Bertz CT molecular complexity index is 666. The lowest BCUT2D eigenvalue weighted by Crippen LogP contribution is -2.47. The summed E-state index contributed by atoms with van der Waals surface area (Å²) in [6.45, 7) is 7.64. The second-order valence-electron chi connectivity index (χ2n) is 6.06. The number of likely N-dealkylation sites (tertiary alicyclic amines) is 1. The van der Waals surface area contributed by atoms with Crippen LogP contribution in [-0.4, -0.2) is 23.9 Å². The van der Waals surface area contributed by atoms with Crippen LogP contribution in [0.5, 0.6) is 0 Å². The van der Waals surface area contributed by atoms with Crippen molar-refractivity contribution in [2.45, 2.75) is 26.7 Å². The summed E-state index contributed by atoms with van der Waals surface area (Å²) in [5, 5.41) is 0. The van der Waals surface area contributed by atoms with E-state index >= 15 is 0 Å². The van der Waals surface area contributed by atoms with Crippen LogP contribution in [0.1, 0.15) is 29.5 Å². The molecule has 1 amide bonds. The quantitative estimate of drug-likeness (QED) is 0.816. The van der Waals surface area contributed by atoms with Crippen LogP contribution in [0.25, 0.3) is 11.1 Å². The Hall–Kier alpha value is -2.09. The van der Waals surface area contributed by atoms with Crippen molar-refractivity contribution < 1.29 is 4.79 Å². The third-order valence-corrected chi connectivity index (χ3v) is 4.40. The first-order valence-corrected chi connectivity index (χ1v) is 7.47. The lowest BCUT2D eigenvalue weighted by Gasteiger charge is -2.39. The van der Waals surface area contributed by atoms with E-state index in [9.17, 15) is 4.79 Å². The number of carbonyl (C=O) groups is 1. The molecule has 0 saturated carbocycles. The molecule has 0 spiro atoms. The SMILES string of the molecule is CC(=O)N1CC(c2ccc(-c3ccc(C)cc3C)cc2)C1. The van der Waals surface area contributed by atoms with Crippen molar-refractivity contribution in [2.75, 3.05) is 13.1 Å². The summed E-state index contributed by atoms with van der Waals surface area (Å²) >= 11 is 0. The van der Waals surface area contributed by atoms with Gasteiger partial charge in [-0.3, -0.25) is 4.79 Å². The van der Waals surface area contributed by atoms with Gasteiger partial charge >= 0.3 is 0 Å². The van der Waals surface area contributed by atoms with Crippen molar-refractivity contribution in [1.82, 2.24) is 4.90 Å². The highest BCUT2D eigenvalue weighted by atomic mass is 16.2. The lowest BCUT2D eigenvalue weighted by atomic mass is 9.89. The van der Waals surface area contributed by atoms with E-state index in [2.05, 4.69) is 56.3 Å². The molecule has 0 bridgehead atoms. The summed E-state index contributed by atoms with van der Waals surface area (Å²) < 4.78 is 0. The van der Waals surface area contributed by atoms with E-state index in [4.69, 9.17) is 0 Å². The summed E-state index contributed by atoms with van der Waals surface area (Å²) in [4.78, 5) is 13.1. The largest absolute Gasteiger partial charge is 0.342 e. The maximum absolute atomic E-state index is 11.2. The van der Waals surface area contributed by atoms with Crippen molar-refractivity contribution in [1.29, 1.82) is 0 Å². The number of carbonyl (C=O) groups excluding carboxylic acids is 1. The summed E-state index contributed by atoms with van der Waals surface area (Å²) in [7, 11) is 0. The molecule has 21 heavy (non-hydrogen) atoms. The normalized spacial score (nSPS) is 14.9. The van der Waals surface area contributed by atoms with Gasteiger partial charge < -0.3 is 4.90 Å². The fourth-order valence-electron chi connectivity index (χ4n) is 3.02. The van der Waals surface area contributed by atoms with Crippen LogP contribution in [0, 0.1) is 13.8 Å². The second kappa shape index (κ2) is 5.36. The lowest BCUT2D eigenvalue weighted by molar-refractivity contribution is -0.133. The minimum absolute atomic E-state index is 0.179. The van der Waals surface area contributed by atoms with E-state index in [1.54, 1.807) is 6.92 Å². The van der Waals surface area contributed by atoms with Gasteiger partial charge in [-0.2, -0.15) is 0 Å². The van der Waals surface area contributed by atoms with Crippen molar-refractivity contribution in [3.05, 3.63) is 59.2 Å². The maximum atomic E-state index is 11.2. The van der Waals surface area contributed by atoms with Gasteiger partial charge in [-0.1, -0.05) is 48.0 Å². The second-order valence-corrected chi connectivity index (χ2v) is 6.06. The predicted octanol–water partition coefficient (Wildman–Crippen LogP) is 3.92. The topological polar surface area (TPSA) is 20.3 Å². The van der Waals surface area contributed by atoms with Gasteiger partial charge in [0.2, 0.25) is 5.91 Å². The first-order chi connectivity index (χ1) is 10.0. The van der Waals surface area contributed by atoms with Crippen LogP contribution in [0.4, 0.5) is 0 Å². The molecule has 1 heterocycles. The van der Waals surface area contributed by atoms with Crippen molar-refractivity contribution in [2.24, 2.45) is 0 Å². The fourth-order valence-corrected chi connectivity index (χ4v) is 3.02. The van der Waals surface area contributed by atoms with E-state index in [1.807, 2.05) is 4.90 Å². The molecule has 1 aliphatic rings. The molecule has 0 aliphatic carbocycles. The predicted molar refractivity (Wildman–Crippen MR) is 86.3 cm³/mol. The number of hydrogen-bond donors (Lipinski definition) is 0. The zero-order chi connectivity index (χ0) is 15.0. The molecule has 0 N–H and O–H groups in total. The Labute approximate surface area is 126 Å². The fraction of sp³-hybridized carbons (Fsp3) is 0.316. The number of rotatable bonds is 2. The van der Waals surface area contributed by atoms with Gasteiger partial charge in [0.05, 0.1) is 0 Å². The Morgan fingerprint density at radius 2 is 1.71 bits per heavy atom. The van der Waals surface area contributed by atoms with Gasteiger partial charge in [0.15, 0.2) is 0 Å². The molecular formula is C19H21NO. The average Bonchev–Trinajstić information content (AvgIpc) is 2.38. The van der Waals surface area contributed by atoms with Crippen LogP contribution in [-0.2, 0) is 4.79 Å². The molecule has 2 aromatic rings. The van der Waals surface area contributed by atoms with Crippen LogP contribution in [0.3, 0.4) is 0 Å². The highest BCUT2D eigenvalue weighted by molar-refractivity contribution is 5.74. The molecule has 1 fully saturated rings. The molecule has 0 radical (unpaired) electrons. The molecule has 2 nitrogen and oxygen atoms in total. The maximum Gasteiger partial charge on any atom is 0.219 e. The van der Waals surface area contributed by atoms with Crippen LogP contribution in [0.2, 0.25) is 0 Å². The molecule has 1 saturated heterocycles. The third kappa shape index (κ3) is 2.71. The van der Waals surface area contributed by atoms with Crippen LogP contribution < -0.4 is 0 Å². The van der Waals surface area contributed by atoms with Crippen molar-refractivity contribution in [3.8, 4) is 11.1 Å². The Balaban J connectivity index is 1.77. The highest BCUT2D eigenvalue weighted by Crippen LogP contribution is 2.30. The molecule has 0 unspecified atom stereocenters. The van der Waals surface area contributed by atoms with Crippen molar-refractivity contribution >= 4 is 5.91 Å². The zero-order valence-corrected chi connectivity index (χ0v) is 12.9. The number of benzene rings is 2. The van der Waals surface area contributed by atoms with E-state index < -0.39 is 0 Å². The summed E-state index contributed by atoms with van der Waals surface area (Å²) in [6, 6.07) is 15.4. The van der Waals surface area contributed by atoms with Gasteiger partial charge in [-0.25, -0.2) is 0 Å². The molecule has 2 heteroatoms. The summed E-state index contributed by atoms with van der Waals surface area (Å²) in [5.41, 5.74) is 6.51. The Kier molecular flexibility index (Phi) is 3.54. The molecule has 3 rings (SSSR count). The van der Waals surface area contributed by atoms with E-state index in [-0.39, 0.29) is 5.91 Å². The molecule has 0 aromatic heterocycles. The van der Waals surface area contributed by atoms with E-state index in [1.165, 1.54) is 27.8 Å². The first kappa shape index (κ1) is 13.9. The molecular weight excluding hydrogens is 258 g/mol. The van der Waals surface area contributed by atoms with Gasteiger partial charge in [0.25, 0.3) is 0 Å². The van der Waals surface area contributed by atoms with E-state index in [0.29, 0.717) is 5.92 Å².